The number of benzene rings is 2. The first-order valence-electron chi connectivity index (χ1n) is 10.3. The minimum atomic E-state index is -0.657. The van der Waals surface area contributed by atoms with Gasteiger partial charge in [0.25, 0.3) is 5.91 Å². The predicted octanol–water partition coefficient (Wildman–Crippen LogP) is 3.98. The van der Waals surface area contributed by atoms with Crippen LogP contribution in [0.4, 0.5) is 0 Å². The number of halogens is 2. The molecule has 1 aliphatic rings. The third kappa shape index (κ3) is 6.74. The number of carbonyl (C=O) groups excluding carboxylic acids is 1. The van der Waals surface area contributed by atoms with Crippen LogP contribution in [0.25, 0.3) is 0 Å². The van der Waals surface area contributed by atoms with Crippen molar-refractivity contribution in [3.05, 3.63) is 58.1 Å². The van der Waals surface area contributed by atoms with Gasteiger partial charge in [0.2, 0.25) is 0 Å². The fraction of sp³-hybridized carbons (Fsp3) is 0.435. The number of nitrogens with zero attached hydrogens (tertiary/aromatic N) is 2. The van der Waals surface area contributed by atoms with Crippen LogP contribution in [0.1, 0.15) is 23.2 Å². The molecule has 1 saturated heterocycles. The van der Waals surface area contributed by atoms with Crippen LogP contribution in [0.3, 0.4) is 0 Å². The monoisotopic (exact) mass is 466 g/mol. The van der Waals surface area contributed by atoms with Gasteiger partial charge in [-0.1, -0.05) is 35.3 Å². The molecule has 6 nitrogen and oxygen atoms in total. The van der Waals surface area contributed by atoms with Crippen molar-refractivity contribution in [1.29, 1.82) is 0 Å². The fourth-order valence-corrected chi connectivity index (χ4v) is 3.79. The summed E-state index contributed by atoms with van der Waals surface area (Å²) in [6.07, 6.45) is 1.16. The standard InChI is InChI=1S/C23H28Cl2N2O4/c1-26(2)23(29)19-5-3-4-6-22(19)30-15-16(28)14-27-11-9-17(10-12-27)31-18-7-8-20(24)21(25)13-18/h3-8,13,16-17,28H,9-12,14-15H2,1-2H3. The number of para-hydroxylation sites is 1. The third-order valence-electron chi connectivity index (χ3n) is 5.15. The summed E-state index contributed by atoms with van der Waals surface area (Å²) >= 11 is 12.0. The van der Waals surface area contributed by atoms with Crippen LogP contribution in [-0.2, 0) is 0 Å². The van der Waals surface area contributed by atoms with Crippen LogP contribution < -0.4 is 9.47 Å². The van der Waals surface area contributed by atoms with Crippen molar-refractivity contribution >= 4 is 29.1 Å². The maximum absolute atomic E-state index is 12.3. The smallest absolute Gasteiger partial charge is 0.257 e. The number of ether oxygens (including phenoxy) is 2. The van der Waals surface area contributed by atoms with Crippen LogP contribution in [0.15, 0.2) is 42.5 Å². The van der Waals surface area contributed by atoms with E-state index in [0.29, 0.717) is 33.7 Å². The minimum Gasteiger partial charge on any atom is -0.490 e. The number of likely N-dealkylation sites (tertiary alicyclic amines) is 1. The maximum atomic E-state index is 12.3. The van der Waals surface area contributed by atoms with E-state index in [1.165, 1.54) is 4.90 Å². The molecule has 2 aromatic rings. The Bertz CT molecular complexity index is 886. The van der Waals surface area contributed by atoms with Crippen molar-refractivity contribution in [2.45, 2.75) is 25.0 Å². The van der Waals surface area contributed by atoms with Gasteiger partial charge in [0.05, 0.1) is 15.6 Å². The average molecular weight is 467 g/mol. The second-order valence-corrected chi connectivity index (χ2v) is 8.67. The molecule has 1 aliphatic heterocycles. The van der Waals surface area contributed by atoms with E-state index >= 15 is 0 Å². The number of carbonyl (C=O) groups is 1. The molecule has 0 spiro atoms. The highest BCUT2D eigenvalue weighted by atomic mass is 35.5. The second kappa shape index (κ2) is 11.0. The fourth-order valence-electron chi connectivity index (χ4n) is 3.50. The molecule has 168 valence electrons. The molecule has 1 fully saturated rings. The molecule has 8 heteroatoms. The molecule has 0 aliphatic carbocycles. The molecule has 2 aromatic carbocycles. The molecule has 0 radical (unpaired) electrons. The number of β-amino-alcohol motifs (C(OH)–C–C–N with tert-alkyl or cyclic N) is 1. The first kappa shape index (κ1) is 23.7. The predicted molar refractivity (Wildman–Crippen MR) is 123 cm³/mol. The lowest BCUT2D eigenvalue weighted by molar-refractivity contribution is 0.0398. The zero-order chi connectivity index (χ0) is 22.4. The van der Waals surface area contributed by atoms with E-state index in [4.69, 9.17) is 32.7 Å². The van der Waals surface area contributed by atoms with Gasteiger partial charge in [-0.15, -0.1) is 0 Å². The Morgan fingerprint density at radius 1 is 1.16 bits per heavy atom. The lowest BCUT2D eigenvalue weighted by Gasteiger charge is -2.33. The Labute approximate surface area is 193 Å². The van der Waals surface area contributed by atoms with Gasteiger partial charge in [0, 0.05) is 39.8 Å². The summed E-state index contributed by atoms with van der Waals surface area (Å²) < 4.78 is 11.8. The Hall–Kier alpha value is -1.99. The van der Waals surface area contributed by atoms with E-state index in [-0.39, 0.29) is 18.6 Å². The van der Waals surface area contributed by atoms with E-state index in [9.17, 15) is 9.90 Å². The second-order valence-electron chi connectivity index (χ2n) is 7.85. The Balaban J connectivity index is 1.44. The van der Waals surface area contributed by atoms with Crippen LogP contribution >= 0.6 is 23.2 Å². The summed E-state index contributed by atoms with van der Waals surface area (Å²) in [7, 11) is 3.39. The molecule has 1 N–H and O–H groups in total. The summed E-state index contributed by atoms with van der Waals surface area (Å²) in [6, 6.07) is 12.4. The van der Waals surface area contributed by atoms with E-state index < -0.39 is 6.10 Å². The molecule has 1 amide bonds. The number of rotatable bonds is 8. The number of aliphatic hydroxyl groups is 1. The van der Waals surface area contributed by atoms with E-state index in [1.54, 1.807) is 44.4 Å². The van der Waals surface area contributed by atoms with Crippen LogP contribution in [0.2, 0.25) is 10.0 Å². The van der Waals surface area contributed by atoms with Gasteiger partial charge in [-0.25, -0.2) is 0 Å². The summed E-state index contributed by atoms with van der Waals surface area (Å²) in [5.41, 5.74) is 0.486. The number of aliphatic hydroxyl groups excluding tert-OH is 1. The minimum absolute atomic E-state index is 0.103. The molecule has 0 saturated carbocycles. The first-order valence-corrected chi connectivity index (χ1v) is 11.0. The molecular weight excluding hydrogens is 439 g/mol. The topological polar surface area (TPSA) is 62.2 Å². The van der Waals surface area contributed by atoms with E-state index in [0.717, 1.165) is 25.9 Å². The maximum Gasteiger partial charge on any atom is 0.257 e. The lowest BCUT2D eigenvalue weighted by atomic mass is 10.1. The number of amides is 1. The summed E-state index contributed by atoms with van der Waals surface area (Å²) in [4.78, 5) is 16.0. The van der Waals surface area contributed by atoms with Crippen molar-refractivity contribution in [3.63, 3.8) is 0 Å². The van der Waals surface area contributed by atoms with Crippen molar-refractivity contribution in [1.82, 2.24) is 9.80 Å². The highest BCUT2D eigenvalue weighted by Gasteiger charge is 2.23. The average Bonchev–Trinajstić information content (AvgIpc) is 2.76. The number of piperidine rings is 1. The van der Waals surface area contributed by atoms with Gasteiger partial charge < -0.3 is 24.4 Å². The Kier molecular flexibility index (Phi) is 8.43. The first-order chi connectivity index (χ1) is 14.8. The third-order valence-corrected chi connectivity index (χ3v) is 5.89. The lowest BCUT2D eigenvalue weighted by Crippen LogP contribution is -2.43. The molecule has 1 atom stereocenters. The Morgan fingerprint density at radius 2 is 1.87 bits per heavy atom. The van der Waals surface area contributed by atoms with Crippen LogP contribution in [0.5, 0.6) is 11.5 Å². The van der Waals surface area contributed by atoms with Crippen molar-refractivity contribution < 1.29 is 19.4 Å². The molecule has 3 rings (SSSR count). The van der Waals surface area contributed by atoms with Gasteiger partial charge in [0.15, 0.2) is 0 Å². The normalized spacial score (nSPS) is 16.0. The number of hydrogen-bond donors (Lipinski definition) is 1. The van der Waals surface area contributed by atoms with E-state index in [1.807, 2.05) is 12.1 Å². The quantitative estimate of drug-likeness (QED) is 0.637. The molecule has 1 heterocycles. The van der Waals surface area contributed by atoms with Gasteiger partial charge >= 0.3 is 0 Å². The van der Waals surface area contributed by atoms with Gasteiger partial charge in [-0.05, 0) is 37.1 Å². The highest BCUT2D eigenvalue weighted by Crippen LogP contribution is 2.28. The van der Waals surface area contributed by atoms with Crippen molar-refractivity contribution in [2.75, 3.05) is 40.3 Å². The van der Waals surface area contributed by atoms with Crippen molar-refractivity contribution in [2.24, 2.45) is 0 Å². The summed E-state index contributed by atoms with van der Waals surface area (Å²) in [5.74, 6) is 1.07. The van der Waals surface area contributed by atoms with Gasteiger partial charge in [0.1, 0.15) is 30.3 Å². The molecule has 1 unspecified atom stereocenters. The summed E-state index contributed by atoms with van der Waals surface area (Å²) in [5, 5.41) is 11.4. The molecular formula is C23H28Cl2N2O4. The Morgan fingerprint density at radius 3 is 2.55 bits per heavy atom. The zero-order valence-corrected chi connectivity index (χ0v) is 19.3. The number of hydrogen-bond acceptors (Lipinski definition) is 5. The van der Waals surface area contributed by atoms with E-state index in [2.05, 4.69) is 4.90 Å². The van der Waals surface area contributed by atoms with Gasteiger partial charge in [-0.3, -0.25) is 4.79 Å². The van der Waals surface area contributed by atoms with Crippen molar-refractivity contribution in [3.8, 4) is 11.5 Å². The van der Waals surface area contributed by atoms with Gasteiger partial charge in [-0.2, -0.15) is 0 Å². The highest BCUT2D eigenvalue weighted by molar-refractivity contribution is 6.42. The SMILES string of the molecule is CN(C)C(=O)c1ccccc1OCC(O)CN1CCC(Oc2ccc(Cl)c(Cl)c2)CC1. The molecule has 0 bridgehead atoms. The van der Waals surface area contributed by atoms with Crippen LogP contribution in [-0.4, -0.2) is 73.4 Å². The van der Waals surface area contributed by atoms with Crippen LogP contribution in [0, 0.1) is 0 Å². The molecule has 31 heavy (non-hydrogen) atoms. The molecule has 0 aromatic heterocycles. The summed E-state index contributed by atoms with van der Waals surface area (Å²) in [6.45, 7) is 2.26. The zero-order valence-electron chi connectivity index (χ0n) is 17.8. The largest absolute Gasteiger partial charge is 0.490 e.